The van der Waals surface area contributed by atoms with E-state index in [2.05, 4.69) is 15.5 Å². The lowest BCUT2D eigenvalue weighted by molar-refractivity contribution is -0.138. The van der Waals surface area contributed by atoms with Gasteiger partial charge in [-0.3, -0.25) is 9.59 Å². The summed E-state index contributed by atoms with van der Waals surface area (Å²) in [6, 6.07) is 8.29. The van der Waals surface area contributed by atoms with Crippen molar-refractivity contribution in [1.82, 2.24) is 5.32 Å². The van der Waals surface area contributed by atoms with E-state index in [9.17, 15) is 14.4 Å². The highest BCUT2D eigenvalue weighted by atomic mass is 32.2. The normalized spacial score (nSPS) is 17.5. The number of hydrogen-bond acceptors (Lipinski definition) is 9. The Balaban J connectivity index is 1.66. The number of amidine groups is 1. The summed E-state index contributed by atoms with van der Waals surface area (Å²) in [5.41, 5.74) is 0.624. The van der Waals surface area contributed by atoms with Gasteiger partial charge < -0.3 is 19.9 Å². The molecule has 0 bridgehead atoms. The van der Waals surface area contributed by atoms with Gasteiger partial charge in [-0.25, -0.2) is 4.79 Å². The van der Waals surface area contributed by atoms with Crippen LogP contribution in [-0.4, -0.2) is 46.7 Å². The van der Waals surface area contributed by atoms with Crippen molar-refractivity contribution in [3.05, 3.63) is 46.2 Å². The van der Waals surface area contributed by atoms with Crippen LogP contribution in [0.15, 0.2) is 45.9 Å². The first-order chi connectivity index (χ1) is 14.0. The molecule has 0 saturated carbocycles. The van der Waals surface area contributed by atoms with Crippen molar-refractivity contribution in [2.24, 2.45) is 10.2 Å². The average Bonchev–Trinajstić information content (AvgIpc) is 3.33. The van der Waals surface area contributed by atoms with Crippen LogP contribution in [0.5, 0.6) is 11.5 Å². The molecule has 11 heteroatoms. The van der Waals surface area contributed by atoms with E-state index >= 15 is 0 Å². The molecule has 3 rings (SSSR count). The molecule has 0 radical (unpaired) electrons. The van der Waals surface area contributed by atoms with Crippen LogP contribution in [0, 0.1) is 0 Å². The maximum absolute atomic E-state index is 12.1. The number of carbonyl (C=O) groups is 3. The van der Waals surface area contributed by atoms with E-state index in [1.165, 1.54) is 24.7 Å². The van der Waals surface area contributed by atoms with Gasteiger partial charge in [0.25, 0.3) is 0 Å². The number of nitrogens with one attached hydrogen (secondary N) is 1. The molecule has 29 heavy (non-hydrogen) atoms. The molecule has 2 N–H and O–H groups in total. The predicted octanol–water partition coefficient (Wildman–Crippen LogP) is 2.37. The van der Waals surface area contributed by atoms with E-state index in [4.69, 9.17) is 14.6 Å². The molecule has 0 aliphatic carbocycles. The van der Waals surface area contributed by atoms with Crippen molar-refractivity contribution in [1.29, 1.82) is 0 Å². The molecule has 1 aliphatic heterocycles. The number of carboxylic acids is 1. The number of rotatable bonds is 7. The van der Waals surface area contributed by atoms with Crippen LogP contribution in [0.1, 0.15) is 21.7 Å². The Kier molecular flexibility index (Phi) is 6.62. The third-order valence-corrected chi connectivity index (χ3v) is 5.53. The van der Waals surface area contributed by atoms with E-state index in [-0.39, 0.29) is 17.3 Å². The van der Waals surface area contributed by atoms with E-state index in [1.54, 1.807) is 35.7 Å². The molecule has 2 heterocycles. The second kappa shape index (κ2) is 9.34. The van der Waals surface area contributed by atoms with Gasteiger partial charge in [-0.15, -0.1) is 16.4 Å². The number of carboxylic acid groups (broad SMARTS) is 1. The van der Waals surface area contributed by atoms with Crippen LogP contribution in [0.4, 0.5) is 0 Å². The number of nitrogens with zero attached hydrogens (tertiary/aromatic N) is 2. The number of ether oxygens (including phenoxy) is 2. The highest BCUT2D eigenvalue weighted by molar-refractivity contribution is 8.15. The Labute approximate surface area is 173 Å². The van der Waals surface area contributed by atoms with Crippen molar-refractivity contribution in [3.63, 3.8) is 0 Å². The van der Waals surface area contributed by atoms with Gasteiger partial charge in [-0.05, 0) is 35.2 Å². The van der Waals surface area contributed by atoms with Gasteiger partial charge >= 0.3 is 11.9 Å². The van der Waals surface area contributed by atoms with E-state index in [1.807, 2.05) is 0 Å². The molecule has 150 valence electrons. The zero-order chi connectivity index (χ0) is 20.8. The number of benzene rings is 1. The second-order valence-electron chi connectivity index (χ2n) is 5.62. The minimum absolute atomic E-state index is 0.228. The minimum Gasteiger partial charge on any atom is -0.493 e. The van der Waals surface area contributed by atoms with Gasteiger partial charge in [-0.2, -0.15) is 5.10 Å². The fraction of sp³-hybridized carbons (Fsp3) is 0.167. The standard InChI is InChI=1S/C18H15N3O6S2/c1-26-12-7-10(4-5-11(12)27-17(25)13-3-2-6-28-13)9-19-21-18-20-16(24)14(29-18)8-15(22)23/h2-7,9,14H,8H2,1H3,(H,22,23)(H,20,21,24). The van der Waals surface area contributed by atoms with Crippen molar-refractivity contribution in [2.75, 3.05) is 7.11 Å². The first-order valence-electron chi connectivity index (χ1n) is 8.20. The monoisotopic (exact) mass is 433 g/mol. The number of esters is 1. The summed E-state index contributed by atoms with van der Waals surface area (Å²) in [7, 11) is 1.45. The summed E-state index contributed by atoms with van der Waals surface area (Å²) in [4.78, 5) is 34.9. The Morgan fingerprint density at radius 3 is 2.83 bits per heavy atom. The third kappa shape index (κ3) is 5.42. The average molecular weight is 433 g/mol. The summed E-state index contributed by atoms with van der Waals surface area (Å²) in [5, 5.41) is 20.3. The van der Waals surface area contributed by atoms with E-state index in [0.717, 1.165) is 11.8 Å². The molecule has 1 amide bonds. The lowest BCUT2D eigenvalue weighted by atomic mass is 10.2. The molecular formula is C18H15N3O6S2. The number of amides is 1. The third-order valence-electron chi connectivity index (χ3n) is 3.60. The highest BCUT2D eigenvalue weighted by Gasteiger charge is 2.32. The van der Waals surface area contributed by atoms with Gasteiger partial charge in [0.05, 0.1) is 19.7 Å². The quantitative estimate of drug-likeness (QED) is 0.297. The van der Waals surface area contributed by atoms with Gasteiger partial charge in [0.15, 0.2) is 16.7 Å². The Morgan fingerprint density at radius 2 is 2.14 bits per heavy atom. The molecule has 1 aromatic heterocycles. The van der Waals surface area contributed by atoms with Gasteiger partial charge in [0, 0.05) is 0 Å². The zero-order valence-electron chi connectivity index (χ0n) is 15.0. The van der Waals surface area contributed by atoms with Crippen molar-refractivity contribution in [2.45, 2.75) is 11.7 Å². The molecule has 1 aliphatic rings. The van der Waals surface area contributed by atoms with Crippen LogP contribution in [0.25, 0.3) is 0 Å². The van der Waals surface area contributed by atoms with Gasteiger partial charge in [0.2, 0.25) is 5.91 Å². The summed E-state index contributed by atoms with van der Waals surface area (Å²) >= 11 is 2.29. The number of methoxy groups -OCH3 is 1. The van der Waals surface area contributed by atoms with Crippen molar-refractivity contribution < 1.29 is 29.0 Å². The maximum Gasteiger partial charge on any atom is 0.353 e. The number of carbonyl (C=O) groups excluding carboxylic acids is 2. The first-order valence-corrected chi connectivity index (χ1v) is 9.96. The SMILES string of the molecule is COc1cc(C=NN=C2NC(=O)C(CC(=O)O)S2)ccc1OC(=O)c1cccs1. The molecule has 1 aromatic carbocycles. The van der Waals surface area contributed by atoms with E-state index < -0.39 is 23.1 Å². The molecule has 2 aromatic rings. The molecule has 9 nitrogen and oxygen atoms in total. The molecule has 0 spiro atoms. The maximum atomic E-state index is 12.1. The first kappa shape index (κ1) is 20.6. The lowest BCUT2D eigenvalue weighted by Gasteiger charge is -2.09. The Bertz CT molecular complexity index is 987. The molecule has 1 atom stereocenters. The fourth-order valence-corrected chi connectivity index (χ4v) is 3.80. The van der Waals surface area contributed by atoms with Crippen molar-refractivity contribution >= 4 is 52.3 Å². The summed E-state index contributed by atoms with van der Waals surface area (Å²) in [6.07, 6.45) is 1.14. The fourth-order valence-electron chi connectivity index (χ4n) is 2.29. The van der Waals surface area contributed by atoms with Crippen LogP contribution >= 0.6 is 23.1 Å². The van der Waals surface area contributed by atoms with Crippen LogP contribution in [0.2, 0.25) is 0 Å². The van der Waals surface area contributed by atoms with E-state index in [0.29, 0.717) is 16.2 Å². The topological polar surface area (TPSA) is 127 Å². The second-order valence-corrected chi connectivity index (χ2v) is 7.76. The van der Waals surface area contributed by atoms with Crippen LogP contribution in [-0.2, 0) is 9.59 Å². The highest BCUT2D eigenvalue weighted by Crippen LogP contribution is 2.29. The number of thioether (sulfide) groups is 1. The lowest BCUT2D eigenvalue weighted by Crippen LogP contribution is -2.26. The summed E-state index contributed by atoms with van der Waals surface area (Å²) in [5.74, 6) is -1.34. The molecule has 1 unspecified atom stereocenters. The largest absolute Gasteiger partial charge is 0.493 e. The molecular weight excluding hydrogens is 418 g/mol. The predicted molar refractivity (Wildman–Crippen MR) is 109 cm³/mol. The van der Waals surface area contributed by atoms with Crippen LogP contribution < -0.4 is 14.8 Å². The Hall–Kier alpha value is -3.18. The van der Waals surface area contributed by atoms with Gasteiger partial charge in [0.1, 0.15) is 10.1 Å². The number of hydrogen-bond donors (Lipinski definition) is 2. The smallest absolute Gasteiger partial charge is 0.353 e. The minimum atomic E-state index is -1.06. The number of thiophene rings is 1. The van der Waals surface area contributed by atoms with Crippen molar-refractivity contribution in [3.8, 4) is 11.5 Å². The summed E-state index contributed by atoms with van der Waals surface area (Å²) in [6.45, 7) is 0. The Morgan fingerprint density at radius 1 is 1.31 bits per heavy atom. The molecule has 1 saturated heterocycles. The zero-order valence-corrected chi connectivity index (χ0v) is 16.7. The molecule has 1 fully saturated rings. The summed E-state index contributed by atoms with van der Waals surface area (Å²) < 4.78 is 10.6. The number of aliphatic carboxylic acids is 1. The van der Waals surface area contributed by atoms with Gasteiger partial charge in [-0.1, -0.05) is 17.8 Å². The van der Waals surface area contributed by atoms with Crippen LogP contribution in [0.3, 0.4) is 0 Å².